The molecule has 2 aliphatic rings. The number of methoxy groups -OCH3 is 1. The molecule has 0 bridgehead atoms. The standard InChI is InChI=1S/C23H35N5O2/c1-4-28-22-19(14-25-28)21(26-16(2)17-9-6-5-7-10-17)20(13-24-22)23(29)27-12-8-11-18(27)15-30-3/h13-14,16-18H,4-12,15H2,1-3H3,(H,24,26). The molecule has 0 radical (unpaired) electrons. The van der Waals surface area contributed by atoms with Gasteiger partial charge in [-0.15, -0.1) is 0 Å². The summed E-state index contributed by atoms with van der Waals surface area (Å²) in [6, 6.07) is 0.445. The number of aromatic nitrogens is 3. The number of hydrogen-bond acceptors (Lipinski definition) is 5. The van der Waals surface area contributed by atoms with Crippen LogP contribution < -0.4 is 5.32 Å². The van der Waals surface area contributed by atoms with Crippen molar-refractivity contribution in [3.8, 4) is 0 Å². The number of nitrogens with one attached hydrogen (secondary N) is 1. The van der Waals surface area contributed by atoms with E-state index in [2.05, 4.69) is 29.2 Å². The SMILES string of the molecule is CCn1ncc2c(NC(C)C3CCCCC3)c(C(=O)N3CCCC3COC)cnc21. The van der Waals surface area contributed by atoms with Gasteiger partial charge >= 0.3 is 0 Å². The van der Waals surface area contributed by atoms with Crippen LogP contribution in [0.2, 0.25) is 0 Å². The Labute approximate surface area is 179 Å². The maximum absolute atomic E-state index is 13.6. The highest BCUT2D eigenvalue weighted by molar-refractivity contribution is 6.06. The molecule has 2 aromatic heterocycles. The molecule has 2 atom stereocenters. The number of nitrogens with zero attached hydrogens (tertiary/aromatic N) is 4. The summed E-state index contributed by atoms with van der Waals surface area (Å²) in [4.78, 5) is 20.2. The van der Waals surface area contributed by atoms with E-state index < -0.39 is 0 Å². The molecule has 2 aromatic rings. The normalized spacial score (nSPS) is 21.3. The maximum atomic E-state index is 13.6. The molecule has 30 heavy (non-hydrogen) atoms. The second-order valence-corrected chi connectivity index (χ2v) is 8.83. The third-order valence-corrected chi connectivity index (χ3v) is 6.92. The Hall–Kier alpha value is -2.15. The molecule has 0 spiro atoms. The molecule has 7 heteroatoms. The molecular formula is C23H35N5O2. The van der Waals surface area contributed by atoms with Crippen molar-refractivity contribution >= 4 is 22.6 Å². The van der Waals surface area contributed by atoms with Crippen molar-refractivity contribution in [2.24, 2.45) is 5.92 Å². The maximum Gasteiger partial charge on any atom is 0.257 e. The molecule has 3 heterocycles. The summed E-state index contributed by atoms with van der Waals surface area (Å²) >= 11 is 0. The predicted octanol–water partition coefficient (Wildman–Crippen LogP) is 4.08. The molecule has 1 amide bonds. The van der Waals surface area contributed by atoms with E-state index in [-0.39, 0.29) is 11.9 Å². The fourth-order valence-corrected chi connectivity index (χ4v) is 5.18. The molecule has 1 saturated carbocycles. The monoisotopic (exact) mass is 413 g/mol. The number of fused-ring (bicyclic) bond motifs is 1. The van der Waals surface area contributed by atoms with Crippen LogP contribution in [0.4, 0.5) is 5.69 Å². The molecule has 7 nitrogen and oxygen atoms in total. The number of likely N-dealkylation sites (tertiary alicyclic amines) is 1. The number of carbonyl (C=O) groups is 1. The number of ether oxygens (including phenoxy) is 1. The molecule has 1 N–H and O–H groups in total. The minimum Gasteiger partial charge on any atom is -0.383 e. The smallest absolute Gasteiger partial charge is 0.257 e. The lowest BCUT2D eigenvalue weighted by atomic mass is 9.84. The minimum absolute atomic E-state index is 0.0477. The lowest BCUT2D eigenvalue weighted by Gasteiger charge is -2.30. The van der Waals surface area contributed by atoms with Crippen molar-refractivity contribution in [1.82, 2.24) is 19.7 Å². The summed E-state index contributed by atoms with van der Waals surface area (Å²) in [6.45, 7) is 6.42. The quantitative estimate of drug-likeness (QED) is 0.740. The number of pyridine rings is 1. The number of hydrogen-bond donors (Lipinski definition) is 1. The van der Waals surface area contributed by atoms with E-state index in [1.165, 1.54) is 32.1 Å². The van der Waals surface area contributed by atoms with E-state index in [4.69, 9.17) is 4.74 Å². The molecular weight excluding hydrogens is 378 g/mol. The third-order valence-electron chi connectivity index (χ3n) is 6.92. The Kier molecular flexibility index (Phi) is 6.56. The van der Waals surface area contributed by atoms with Crippen LogP contribution in [0.5, 0.6) is 0 Å². The molecule has 1 aliphatic carbocycles. The lowest BCUT2D eigenvalue weighted by molar-refractivity contribution is 0.0631. The molecule has 0 aromatic carbocycles. The number of amides is 1. The Morgan fingerprint density at radius 2 is 2.03 bits per heavy atom. The molecule has 2 unspecified atom stereocenters. The number of aryl methyl sites for hydroxylation is 1. The van der Waals surface area contributed by atoms with Crippen LogP contribution in [0.1, 0.15) is 69.2 Å². The van der Waals surface area contributed by atoms with Gasteiger partial charge in [0.2, 0.25) is 0 Å². The van der Waals surface area contributed by atoms with E-state index in [9.17, 15) is 4.79 Å². The Morgan fingerprint density at radius 3 is 2.77 bits per heavy atom. The van der Waals surface area contributed by atoms with Gasteiger partial charge in [0.25, 0.3) is 5.91 Å². The first kappa shape index (κ1) is 21.1. The predicted molar refractivity (Wildman–Crippen MR) is 119 cm³/mol. The van der Waals surface area contributed by atoms with Crippen LogP contribution in [-0.2, 0) is 11.3 Å². The molecule has 164 valence electrons. The molecule has 1 aliphatic heterocycles. The van der Waals surface area contributed by atoms with Crippen LogP contribution in [0, 0.1) is 5.92 Å². The average Bonchev–Trinajstić information content (AvgIpc) is 3.41. The Bertz CT molecular complexity index is 874. The van der Waals surface area contributed by atoms with Crippen LogP contribution in [0.25, 0.3) is 11.0 Å². The van der Waals surface area contributed by atoms with Gasteiger partial charge < -0.3 is 15.0 Å². The highest BCUT2D eigenvalue weighted by Crippen LogP contribution is 2.33. The highest BCUT2D eigenvalue weighted by atomic mass is 16.5. The third kappa shape index (κ3) is 4.04. The zero-order valence-electron chi connectivity index (χ0n) is 18.6. The largest absolute Gasteiger partial charge is 0.383 e. The highest BCUT2D eigenvalue weighted by Gasteiger charge is 2.32. The first-order chi connectivity index (χ1) is 14.6. The molecule has 2 fully saturated rings. The first-order valence-corrected chi connectivity index (χ1v) is 11.5. The van der Waals surface area contributed by atoms with E-state index in [0.29, 0.717) is 24.1 Å². The van der Waals surface area contributed by atoms with Crippen LogP contribution in [-0.4, -0.2) is 57.9 Å². The van der Waals surface area contributed by atoms with Crippen LogP contribution >= 0.6 is 0 Å². The fraction of sp³-hybridized carbons (Fsp3) is 0.696. The van der Waals surface area contributed by atoms with Gasteiger partial charge in [0.05, 0.1) is 35.5 Å². The average molecular weight is 414 g/mol. The summed E-state index contributed by atoms with van der Waals surface area (Å²) in [5, 5.41) is 9.18. The van der Waals surface area contributed by atoms with Gasteiger partial charge in [-0.3, -0.25) is 4.79 Å². The van der Waals surface area contributed by atoms with Gasteiger partial charge in [-0.05, 0) is 45.4 Å². The minimum atomic E-state index is 0.0477. The first-order valence-electron chi connectivity index (χ1n) is 11.5. The summed E-state index contributed by atoms with van der Waals surface area (Å²) in [5.74, 6) is 0.686. The Balaban J connectivity index is 1.69. The van der Waals surface area contributed by atoms with Crippen LogP contribution in [0.3, 0.4) is 0 Å². The lowest BCUT2D eigenvalue weighted by Crippen LogP contribution is -2.39. The number of carbonyl (C=O) groups excluding carboxylic acids is 1. The van der Waals surface area contributed by atoms with Gasteiger partial charge in [0, 0.05) is 32.4 Å². The number of anilines is 1. The van der Waals surface area contributed by atoms with Gasteiger partial charge in [-0.1, -0.05) is 19.3 Å². The zero-order chi connectivity index (χ0) is 21.1. The van der Waals surface area contributed by atoms with Crippen molar-refractivity contribution < 1.29 is 9.53 Å². The van der Waals surface area contributed by atoms with E-state index >= 15 is 0 Å². The molecule has 1 saturated heterocycles. The summed E-state index contributed by atoms with van der Waals surface area (Å²) in [6.07, 6.45) is 12.1. The van der Waals surface area contributed by atoms with Crippen molar-refractivity contribution in [2.75, 3.05) is 25.6 Å². The van der Waals surface area contributed by atoms with Crippen molar-refractivity contribution in [1.29, 1.82) is 0 Å². The van der Waals surface area contributed by atoms with Gasteiger partial charge in [0.1, 0.15) is 0 Å². The number of rotatable bonds is 7. The summed E-state index contributed by atoms with van der Waals surface area (Å²) in [7, 11) is 1.70. The van der Waals surface area contributed by atoms with E-state index in [0.717, 1.165) is 42.7 Å². The topological polar surface area (TPSA) is 72.3 Å². The Morgan fingerprint density at radius 1 is 1.23 bits per heavy atom. The van der Waals surface area contributed by atoms with Gasteiger partial charge in [-0.25, -0.2) is 9.67 Å². The van der Waals surface area contributed by atoms with Crippen molar-refractivity contribution in [3.05, 3.63) is 18.0 Å². The fourth-order valence-electron chi connectivity index (χ4n) is 5.18. The summed E-state index contributed by atoms with van der Waals surface area (Å²) in [5.41, 5.74) is 2.39. The molecule has 4 rings (SSSR count). The second-order valence-electron chi connectivity index (χ2n) is 8.83. The zero-order valence-corrected chi connectivity index (χ0v) is 18.6. The van der Waals surface area contributed by atoms with E-state index in [1.54, 1.807) is 13.3 Å². The van der Waals surface area contributed by atoms with E-state index in [1.807, 2.05) is 15.8 Å². The van der Waals surface area contributed by atoms with Crippen LogP contribution in [0.15, 0.2) is 12.4 Å². The van der Waals surface area contributed by atoms with Crippen molar-refractivity contribution in [2.45, 2.75) is 77.4 Å². The van der Waals surface area contributed by atoms with Crippen molar-refractivity contribution in [3.63, 3.8) is 0 Å². The van der Waals surface area contributed by atoms with Gasteiger partial charge in [0.15, 0.2) is 5.65 Å². The second kappa shape index (κ2) is 9.33. The summed E-state index contributed by atoms with van der Waals surface area (Å²) < 4.78 is 7.26. The van der Waals surface area contributed by atoms with Gasteiger partial charge in [-0.2, -0.15) is 5.10 Å².